The number of hydrogen-bond donors (Lipinski definition) is 3. The molecule has 0 aliphatic carbocycles. The highest BCUT2D eigenvalue weighted by Gasteiger charge is 2.22. The summed E-state index contributed by atoms with van der Waals surface area (Å²) in [6.07, 6.45) is 3.34. The molecule has 1 saturated heterocycles. The molecule has 4 rings (SSSR count). The minimum atomic E-state index is -0.661. The summed E-state index contributed by atoms with van der Waals surface area (Å²) in [6.45, 7) is 1.96. The number of piperidine rings is 1. The van der Waals surface area contributed by atoms with Crippen LogP contribution in [0.2, 0.25) is 0 Å². The first-order valence-electron chi connectivity index (χ1n) is 9.36. The maximum absolute atomic E-state index is 14.4. The van der Waals surface area contributed by atoms with E-state index in [-0.39, 0.29) is 42.1 Å². The van der Waals surface area contributed by atoms with Gasteiger partial charge in [0.05, 0.1) is 11.4 Å². The van der Waals surface area contributed by atoms with Crippen LogP contribution in [-0.4, -0.2) is 50.1 Å². The van der Waals surface area contributed by atoms with Crippen LogP contribution in [-0.2, 0) is 0 Å². The minimum Gasteiger partial charge on any atom is -0.506 e. The normalized spacial score (nSPS) is 15.0. The van der Waals surface area contributed by atoms with Gasteiger partial charge in [-0.15, -0.1) is 0 Å². The standard InChI is InChI=1S/C20H22FN7O.CH4/c1-28-8-5-11(6-9-28)14-10-15(27-20(23)26-14)18-16(29)3-2-13(25-18)12-4-7-24-19(22)17(12)21;/h2-4,7,10-11,29H,5-6,8-9H2,1H3,(H2,22,24)(H2,23,26,27);1H4. The lowest BCUT2D eigenvalue weighted by Crippen LogP contribution is -2.29. The number of nitrogen functional groups attached to an aromatic ring is 2. The first kappa shape index (κ1) is 21.4. The molecule has 30 heavy (non-hydrogen) atoms. The van der Waals surface area contributed by atoms with Gasteiger partial charge in [-0.25, -0.2) is 24.3 Å². The Kier molecular flexibility index (Phi) is 6.12. The van der Waals surface area contributed by atoms with Crippen LogP contribution in [0, 0.1) is 5.82 Å². The number of anilines is 2. The first-order chi connectivity index (χ1) is 13.9. The Bertz CT molecular complexity index is 1050. The zero-order chi connectivity index (χ0) is 20.5. The average Bonchev–Trinajstić information content (AvgIpc) is 2.71. The van der Waals surface area contributed by atoms with E-state index in [1.54, 1.807) is 6.07 Å². The predicted octanol–water partition coefficient (Wildman–Crippen LogP) is 3.06. The molecule has 0 aromatic carbocycles. The zero-order valence-corrected chi connectivity index (χ0v) is 16.0. The van der Waals surface area contributed by atoms with Crippen molar-refractivity contribution in [3.8, 4) is 28.4 Å². The molecule has 0 spiro atoms. The lowest BCUT2D eigenvalue weighted by molar-refractivity contribution is 0.253. The van der Waals surface area contributed by atoms with Gasteiger partial charge in [0.2, 0.25) is 5.95 Å². The summed E-state index contributed by atoms with van der Waals surface area (Å²) in [7, 11) is 2.09. The summed E-state index contributed by atoms with van der Waals surface area (Å²) in [4.78, 5) is 19.1. The summed E-state index contributed by atoms with van der Waals surface area (Å²) in [6, 6.07) is 6.24. The van der Waals surface area contributed by atoms with Crippen molar-refractivity contribution in [2.24, 2.45) is 0 Å². The Labute approximate surface area is 174 Å². The van der Waals surface area contributed by atoms with E-state index in [1.807, 2.05) is 0 Å². The van der Waals surface area contributed by atoms with Crippen LogP contribution in [0.1, 0.15) is 31.9 Å². The molecule has 9 heteroatoms. The van der Waals surface area contributed by atoms with Crippen molar-refractivity contribution < 1.29 is 9.50 Å². The molecule has 0 atom stereocenters. The van der Waals surface area contributed by atoms with E-state index in [1.165, 1.54) is 24.4 Å². The van der Waals surface area contributed by atoms with Gasteiger partial charge in [0.25, 0.3) is 0 Å². The molecule has 1 aliphatic heterocycles. The Morgan fingerprint density at radius 3 is 2.53 bits per heavy atom. The largest absolute Gasteiger partial charge is 0.506 e. The Balaban J connectivity index is 0.00000256. The maximum Gasteiger partial charge on any atom is 0.220 e. The maximum atomic E-state index is 14.4. The fourth-order valence-corrected chi connectivity index (χ4v) is 3.57. The third-order valence-electron chi connectivity index (χ3n) is 5.21. The zero-order valence-electron chi connectivity index (χ0n) is 16.0. The summed E-state index contributed by atoms with van der Waals surface area (Å²) in [5.41, 5.74) is 13.4. The van der Waals surface area contributed by atoms with E-state index in [0.717, 1.165) is 31.6 Å². The number of nitrogens with zero attached hydrogens (tertiary/aromatic N) is 5. The molecule has 1 fully saturated rings. The van der Waals surface area contributed by atoms with Crippen molar-refractivity contribution in [1.29, 1.82) is 0 Å². The van der Waals surface area contributed by atoms with E-state index in [2.05, 4.69) is 31.9 Å². The average molecular weight is 411 g/mol. The molecule has 1 aliphatic rings. The number of halogens is 1. The molecular formula is C21H26FN7O. The molecule has 0 amide bonds. The van der Waals surface area contributed by atoms with Crippen LogP contribution in [0.15, 0.2) is 30.5 Å². The number of aromatic nitrogens is 4. The summed E-state index contributed by atoms with van der Waals surface area (Å²) < 4.78 is 14.4. The fraction of sp³-hybridized carbons (Fsp3) is 0.333. The molecular weight excluding hydrogens is 385 g/mol. The van der Waals surface area contributed by atoms with E-state index >= 15 is 0 Å². The van der Waals surface area contributed by atoms with Crippen molar-refractivity contribution in [2.45, 2.75) is 26.2 Å². The molecule has 3 aromatic rings. The topological polar surface area (TPSA) is 127 Å². The summed E-state index contributed by atoms with van der Waals surface area (Å²) >= 11 is 0. The molecule has 158 valence electrons. The third kappa shape index (κ3) is 4.16. The van der Waals surface area contributed by atoms with E-state index in [0.29, 0.717) is 11.4 Å². The smallest absolute Gasteiger partial charge is 0.220 e. The van der Waals surface area contributed by atoms with Gasteiger partial charge in [-0.05, 0) is 57.2 Å². The van der Waals surface area contributed by atoms with Crippen LogP contribution in [0.25, 0.3) is 22.6 Å². The lowest BCUT2D eigenvalue weighted by Gasteiger charge is -2.28. The van der Waals surface area contributed by atoms with Crippen LogP contribution < -0.4 is 11.5 Å². The van der Waals surface area contributed by atoms with Crippen LogP contribution >= 0.6 is 0 Å². The quantitative estimate of drug-likeness (QED) is 0.600. The SMILES string of the molecule is C.CN1CCC(c2cc(-c3nc(-c4ccnc(N)c4F)ccc3O)nc(N)n2)CC1. The molecule has 0 unspecified atom stereocenters. The molecule has 0 saturated carbocycles. The number of nitrogens with two attached hydrogens (primary N) is 2. The molecule has 8 nitrogen and oxygen atoms in total. The predicted molar refractivity (Wildman–Crippen MR) is 115 cm³/mol. The number of pyridine rings is 2. The number of hydrogen-bond acceptors (Lipinski definition) is 8. The van der Waals surface area contributed by atoms with Gasteiger partial charge in [-0.2, -0.15) is 0 Å². The van der Waals surface area contributed by atoms with Gasteiger partial charge < -0.3 is 21.5 Å². The second kappa shape index (κ2) is 8.58. The Hall–Kier alpha value is -3.33. The third-order valence-corrected chi connectivity index (χ3v) is 5.21. The molecule has 0 radical (unpaired) electrons. The van der Waals surface area contributed by atoms with Gasteiger partial charge in [0, 0.05) is 23.4 Å². The van der Waals surface area contributed by atoms with Crippen molar-refractivity contribution in [3.63, 3.8) is 0 Å². The summed E-state index contributed by atoms with van der Waals surface area (Å²) in [5.74, 6) is -0.579. The fourth-order valence-electron chi connectivity index (χ4n) is 3.57. The highest BCUT2D eigenvalue weighted by atomic mass is 19.1. The minimum absolute atomic E-state index is 0. The Morgan fingerprint density at radius 2 is 1.80 bits per heavy atom. The van der Waals surface area contributed by atoms with Gasteiger partial charge in [-0.3, -0.25) is 0 Å². The van der Waals surface area contributed by atoms with Crippen molar-refractivity contribution in [1.82, 2.24) is 24.8 Å². The van der Waals surface area contributed by atoms with E-state index in [4.69, 9.17) is 11.5 Å². The monoisotopic (exact) mass is 411 g/mol. The van der Waals surface area contributed by atoms with Crippen molar-refractivity contribution in [3.05, 3.63) is 42.0 Å². The molecule has 3 aromatic heterocycles. The number of likely N-dealkylation sites (tertiary alicyclic amines) is 1. The van der Waals surface area contributed by atoms with Crippen LogP contribution in [0.3, 0.4) is 0 Å². The van der Waals surface area contributed by atoms with Crippen LogP contribution in [0.5, 0.6) is 5.75 Å². The van der Waals surface area contributed by atoms with Crippen molar-refractivity contribution in [2.75, 3.05) is 31.6 Å². The first-order valence-corrected chi connectivity index (χ1v) is 9.36. The highest BCUT2D eigenvalue weighted by molar-refractivity contribution is 5.70. The summed E-state index contributed by atoms with van der Waals surface area (Å²) in [5, 5.41) is 10.4. The number of rotatable bonds is 3. The second-order valence-corrected chi connectivity index (χ2v) is 7.24. The molecule has 5 N–H and O–H groups in total. The van der Waals surface area contributed by atoms with E-state index < -0.39 is 5.82 Å². The number of aromatic hydroxyl groups is 1. The second-order valence-electron chi connectivity index (χ2n) is 7.24. The van der Waals surface area contributed by atoms with E-state index in [9.17, 15) is 9.50 Å². The van der Waals surface area contributed by atoms with Gasteiger partial charge in [0.1, 0.15) is 11.4 Å². The highest BCUT2D eigenvalue weighted by Crippen LogP contribution is 2.34. The Morgan fingerprint density at radius 1 is 1.07 bits per heavy atom. The lowest BCUT2D eigenvalue weighted by atomic mass is 9.93. The molecule has 0 bridgehead atoms. The van der Waals surface area contributed by atoms with Crippen LogP contribution in [0.4, 0.5) is 16.2 Å². The van der Waals surface area contributed by atoms with Gasteiger partial charge >= 0.3 is 0 Å². The van der Waals surface area contributed by atoms with Gasteiger partial charge in [0.15, 0.2) is 11.6 Å². The van der Waals surface area contributed by atoms with Crippen molar-refractivity contribution >= 4 is 11.8 Å². The van der Waals surface area contributed by atoms with Gasteiger partial charge in [-0.1, -0.05) is 7.43 Å². The molecule has 4 heterocycles.